The van der Waals surface area contributed by atoms with Gasteiger partial charge in [-0.05, 0) is 24.6 Å². The lowest BCUT2D eigenvalue weighted by atomic mass is 10.1. The van der Waals surface area contributed by atoms with Gasteiger partial charge in [-0.15, -0.1) is 0 Å². The fourth-order valence-electron chi connectivity index (χ4n) is 1.41. The van der Waals surface area contributed by atoms with Crippen LogP contribution in [0.3, 0.4) is 0 Å². The summed E-state index contributed by atoms with van der Waals surface area (Å²) in [5.74, 6) is -1.16. The maximum Gasteiger partial charge on any atom is 0.416 e. The molecular formula is C12H15F3N2O3. The number of nitrogens with two attached hydrogens (primary N) is 1. The summed E-state index contributed by atoms with van der Waals surface area (Å²) < 4.78 is 42.3. The zero-order chi connectivity index (χ0) is 15.3. The highest BCUT2D eigenvalue weighted by atomic mass is 19.4. The predicted molar refractivity (Wildman–Crippen MR) is 66.2 cm³/mol. The van der Waals surface area contributed by atoms with Gasteiger partial charge in [0.1, 0.15) is 5.75 Å². The maximum absolute atomic E-state index is 12.5. The Bertz CT molecular complexity index is 478. The first-order chi connectivity index (χ1) is 9.25. The lowest BCUT2D eigenvalue weighted by molar-refractivity contribution is -0.137. The van der Waals surface area contributed by atoms with Crippen molar-refractivity contribution in [2.75, 3.05) is 19.0 Å². The second kappa shape index (κ2) is 6.58. The number of hydrogen-bond acceptors (Lipinski definition) is 4. The van der Waals surface area contributed by atoms with Gasteiger partial charge in [-0.2, -0.15) is 13.2 Å². The van der Waals surface area contributed by atoms with E-state index >= 15 is 0 Å². The molecule has 1 aromatic rings. The van der Waals surface area contributed by atoms with Gasteiger partial charge in [0, 0.05) is 13.7 Å². The summed E-state index contributed by atoms with van der Waals surface area (Å²) in [6, 6.07) is 1.29. The number of phenols is 1. The van der Waals surface area contributed by atoms with E-state index in [1.54, 1.807) is 0 Å². The van der Waals surface area contributed by atoms with Crippen molar-refractivity contribution in [2.45, 2.75) is 18.6 Å². The summed E-state index contributed by atoms with van der Waals surface area (Å²) in [5, 5.41) is 11.6. The van der Waals surface area contributed by atoms with Crippen LogP contribution in [-0.4, -0.2) is 30.8 Å². The minimum Gasteiger partial charge on any atom is -0.506 e. The second-order valence-electron chi connectivity index (χ2n) is 4.11. The summed E-state index contributed by atoms with van der Waals surface area (Å²) in [7, 11) is 1.43. The number of halogens is 3. The van der Waals surface area contributed by atoms with Gasteiger partial charge in [0.25, 0.3) is 0 Å². The monoisotopic (exact) mass is 292 g/mol. The molecule has 0 aliphatic rings. The van der Waals surface area contributed by atoms with Crippen molar-refractivity contribution in [1.29, 1.82) is 0 Å². The molecule has 1 atom stereocenters. The van der Waals surface area contributed by atoms with Crippen LogP contribution in [0.2, 0.25) is 0 Å². The molecule has 1 rings (SSSR count). The highest BCUT2D eigenvalue weighted by Gasteiger charge is 2.31. The number of nitrogens with one attached hydrogen (secondary N) is 1. The van der Waals surface area contributed by atoms with Crippen molar-refractivity contribution in [3.8, 4) is 5.75 Å². The first-order valence-corrected chi connectivity index (χ1v) is 5.71. The van der Waals surface area contributed by atoms with Crippen molar-refractivity contribution in [2.24, 2.45) is 5.73 Å². The highest BCUT2D eigenvalue weighted by molar-refractivity contribution is 5.95. The summed E-state index contributed by atoms with van der Waals surface area (Å²) in [6.45, 7) is 0.239. The van der Waals surface area contributed by atoms with Crippen LogP contribution in [0.4, 0.5) is 18.9 Å². The zero-order valence-electron chi connectivity index (χ0n) is 10.7. The SMILES string of the molecule is COCCC(N)C(=O)Nc1cc(C(F)(F)F)ccc1O. The summed E-state index contributed by atoms with van der Waals surface area (Å²) in [6.07, 6.45) is -4.35. The molecule has 112 valence electrons. The van der Waals surface area contributed by atoms with Crippen molar-refractivity contribution >= 4 is 11.6 Å². The maximum atomic E-state index is 12.5. The lowest BCUT2D eigenvalue weighted by Crippen LogP contribution is -2.36. The van der Waals surface area contributed by atoms with E-state index in [1.807, 2.05) is 0 Å². The van der Waals surface area contributed by atoms with Gasteiger partial charge in [-0.1, -0.05) is 0 Å². The number of anilines is 1. The molecule has 1 unspecified atom stereocenters. The van der Waals surface area contributed by atoms with Crippen LogP contribution in [-0.2, 0) is 15.7 Å². The van der Waals surface area contributed by atoms with Crippen LogP contribution in [0.15, 0.2) is 18.2 Å². The largest absolute Gasteiger partial charge is 0.506 e. The minimum atomic E-state index is -4.56. The number of amides is 1. The van der Waals surface area contributed by atoms with Gasteiger partial charge < -0.3 is 20.9 Å². The number of aromatic hydroxyl groups is 1. The molecule has 0 aliphatic heterocycles. The number of rotatable bonds is 5. The Balaban J connectivity index is 2.84. The number of methoxy groups -OCH3 is 1. The van der Waals surface area contributed by atoms with E-state index < -0.39 is 29.4 Å². The fraction of sp³-hybridized carbons (Fsp3) is 0.417. The Hall–Kier alpha value is -1.80. The Morgan fingerprint density at radius 3 is 2.70 bits per heavy atom. The standard InChI is InChI=1S/C12H15F3N2O3/c1-20-5-4-8(16)11(19)17-9-6-7(12(13,14)15)2-3-10(9)18/h2-3,6,8,18H,4-5,16H2,1H3,(H,17,19). The Labute approximate surface area is 113 Å². The van der Waals surface area contributed by atoms with E-state index in [4.69, 9.17) is 10.5 Å². The first-order valence-electron chi connectivity index (χ1n) is 5.71. The smallest absolute Gasteiger partial charge is 0.416 e. The molecule has 0 spiro atoms. The Kier molecular flexibility index (Phi) is 5.34. The van der Waals surface area contributed by atoms with Crippen LogP contribution >= 0.6 is 0 Å². The molecule has 1 amide bonds. The molecular weight excluding hydrogens is 277 g/mol. The second-order valence-corrected chi connectivity index (χ2v) is 4.11. The average Bonchev–Trinajstić information content (AvgIpc) is 2.37. The van der Waals surface area contributed by atoms with Crippen molar-refractivity contribution in [3.05, 3.63) is 23.8 Å². The number of hydrogen-bond donors (Lipinski definition) is 3. The molecule has 0 aromatic heterocycles. The van der Waals surface area contributed by atoms with Crippen LogP contribution in [0, 0.1) is 0 Å². The third-order valence-corrected chi connectivity index (χ3v) is 2.55. The molecule has 0 saturated heterocycles. The average molecular weight is 292 g/mol. The molecule has 0 saturated carbocycles. The van der Waals surface area contributed by atoms with Crippen LogP contribution in [0.1, 0.15) is 12.0 Å². The molecule has 5 nitrogen and oxygen atoms in total. The highest BCUT2D eigenvalue weighted by Crippen LogP contribution is 2.34. The molecule has 0 radical (unpaired) electrons. The molecule has 20 heavy (non-hydrogen) atoms. The number of phenolic OH excluding ortho intramolecular Hbond substituents is 1. The number of benzene rings is 1. The predicted octanol–water partition coefficient (Wildman–Crippen LogP) is 1.71. The van der Waals surface area contributed by atoms with Crippen LogP contribution in [0.25, 0.3) is 0 Å². The quantitative estimate of drug-likeness (QED) is 0.721. The molecule has 0 bridgehead atoms. The van der Waals surface area contributed by atoms with Crippen molar-refractivity contribution in [3.63, 3.8) is 0 Å². The minimum absolute atomic E-state index is 0.210. The normalized spacial score (nSPS) is 13.1. The van der Waals surface area contributed by atoms with Gasteiger partial charge in [-0.25, -0.2) is 0 Å². The van der Waals surface area contributed by atoms with Crippen molar-refractivity contribution < 1.29 is 27.8 Å². The van der Waals surface area contributed by atoms with E-state index in [-0.39, 0.29) is 18.7 Å². The van der Waals surface area contributed by atoms with Gasteiger partial charge in [-0.3, -0.25) is 4.79 Å². The topological polar surface area (TPSA) is 84.6 Å². The van der Waals surface area contributed by atoms with Crippen molar-refractivity contribution in [1.82, 2.24) is 0 Å². The van der Waals surface area contributed by atoms with E-state index in [0.717, 1.165) is 12.1 Å². The first kappa shape index (κ1) is 16.3. The Morgan fingerprint density at radius 2 is 2.15 bits per heavy atom. The zero-order valence-corrected chi connectivity index (χ0v) is 10.7. The fourth-order valence-corrected chi connectivity index (χ4v) is 1.41. The van der Waals surface area contributed by atoms with Crippen LogP contribution < -0.4 is 11.1 Å². The molecule has 4 N–H and O–H groups in total. The lowest BCUT2D eigenvalue weighted by Gasteiger charge is -2.14. The third kappa shape index (κ3) is 4.39. The van der Waals surface area contributed by atoms with E-state index in [9.17, 15) is 23.1 Å². The number of carbonyl (C=O) groups is 1. The van der Waals surface area contributed by atoms with Gasteiger partial charge in [0.2, 0.25) is 5.91 Å². The molecule has 0 fully saturated rings. The number of alkyl halides is 3. The molecule has 0 heterocycles. The van der Waals surface area contributed by atoms with E-state index in [2.05, 4.69) is 5.32 Å². The number of ether oxygens (including phenoxy) is 1. The molecule has 0 aliphatic carbocycles. The van der Waals surface area contributed by atoms with Crippen LogP contribution in [0.5, 0.6) is 5.75 Å². The van der Waals surface area contributed by atoms with Gasteiger partial charge in [0.15, 0.2) is 0 Å². The van der Waals surface area contributed by atoms with E-state index in [1.165, 1.54) is 7.11 Å². The van der Waals surface area contributed by atoms with E-state index in [0.29, 0.717) is 6.07 Å². The summed E-state index contributed by atoms with van der Waals surface area (Å²) in [5.41, 5.74) is 4.22. The molecule has 8 heteroatoms. The Morgan fingerprint density at radius 1 is 1.50 bits per heavy atom. The molecule has 1 aromatic carbocycles. The van der Waals surface area contributed by atoms with Gasteiger partial charge >= 0.3 is 6.18 Å². The summed E-state index contributed by atoms with van der Waals surface area (Å²) in [4.78, 5) is 11.6. The van der Waals surface area contributed by atoms with Gasteiger partial charge in [0.05, 0.1) is 17.3 Å². The third-order valence-electron chi connectivity index (χ3n) is 2.55. The summed E-state index contributed by atoms with van der Waals surface area (Å²) >= 11 is 0. The number of carbonyl (C=O) groups excluding carboxylic acids is 1.